The number of anilines is 1. The van der Waals surface area contributed by atoms with E-state index >= 15 is 0 Å². The Bertz CT molecular complexity index is 410. The number of rotatable bonds is 6. The lowest BCUT2D eigenvalue weighted by Gasteiger charge is -2.35. The van der Waals surface area contributed by atoms with E-state index < -0.39 is 0 Å². The Labute approximate surface area is 119 Å². The van der Waals surface area contributed by atoms with Crippen molar-refractivity contribution in [2.45, 2.75) is 26.7 Å². The van der Waals surface area contributed by atoms with Gasteiger partial charge >= 0.3 is 0 Å². The highest BCUT2D eigenvalue weighted by molar-refractivity contribution is 9.09. The Hall–Kier alpha value is -1.01. The maximum absolute atomic E-state index is 9.15. The van der Waals surface area contributed by atoms with Crippen LogP contribution in [-0.2, 0) is 0 Å². The fourth-order valence-electron chi connectivity index (χ4n) is 2.19. The summed E-state index contributed by atoms with van der Waals surface area (Å²) in [5.41, 5.74) is 2.04. The maximum Gasteiger partial charge on any atom is 0.101 e. The van der Waals surface area contributed by atoms with Crippen LogP contribution in [0.3, 0.4) is 0 Å². The van der Waals surface area contributed by atoms with Crippen LogP contribution in [0, 0.1) is 16.7 Å². The molecule has 0 N–H and O–H groups in total. The van der Waals surface area contributed by atoms with E-state index in [9.17, 15) is 0 Å². The van der Waals surface area contributed by atoms with Crippen LogP contribution in [0.15, 0.2) is 24.3 Å². The number of nitrogens with zero attached hydrogens (tertiary/aromatic N) is 2. The molecule has 0 saturated heterocycles. The molecule has 3 heteroatoms. The quantitative estimate of drug-likeness (QED) is 0.737. The van der Waals surface area contributed by atoms with Crippen molar-refractivity contribution in [3.05, 3.63) is 29.8 Å². The summed E-state index contributed by atoms with van der Waals surface area (Å²) in [4.78, 5) is 2.20. The molecule has 0 unspecified atom stereocenters. The Kier molecular flexibility index (Phi) is 5.68. The van der Waals surface area contributed by atoms with Gasteiger partial charge in [0.05, 0.1) is 11.3 Å². The maximum atomic E-state index is 9.15. The first-order valence-electron chi connectivity index (χ1n) is 6.38. The largest absolute Gasteiger partial charge is 0.373 e. The number of nitriles is 1. The van der Waals surface area contributed by atoms with Crippen molar-refractivity contribution in [3.8, 4) is 6.07 Å². The smallest absolute Gasteiger partial charge is 0.101 e. The fraction of sp³-hybridized carbons (Fsp3) is 0.533. The van der Waals surface area contributed by atoms with Gasteiger partial charge < -0.3 is 4.90 Å². The first kappa shape index (κ1) is 15.0. The number of hydrogen-bond acceptors (Lipinski definition) is 2. The molecule has 0 bridgehead atoms. The number of halogens is 1. The van der Waals surface area contributed by atoms with Crippen molar-refractivity contribution in [3.63, 3.8) is 0 Å². The van der Waals surface area contributed by atoms with E-state index in [0.717, 1.165) is 36.0 Å². The Morgan fingerprint density at radius 3 is 2.39 bits per heavy atom. The molecular weight excluding hydrogens is 288 g/mol. The molecule has 0 aliphatic rings. The summed E-state index contributed by atoms with van der Waals surface area (Å²) >= 11 is 3.64. The molecule has 0 aliphatic carbocycles. The molecule has 1 rings (SSSR count). The highest BCUT2D eigenvalue weighted by Gasteiger charge is 2.27. The normalized spacial score (nSPS) is 11.1. The molecule has 0 aromatic heterocycles. The summed E-state index contributed by atoms with van der Waals surface area (Å²) in [5.74, 6) is 0. The van der Waals surface area contributed by atoms with E-state index in [0.29, 0.717) is 0 Å². The number of hydrogen-bond donors (Lipinski definition) is 0. The SMILES string of the molecule is CCC(CC)(CBr)CN(C)c1ccccc1C#N. The molecular formula is C15H21BrN2. The summed E-state index contributed by atoms with van der Waals surface area (Å²) < 4.78 is 0. The monoisotopic (exact) mass is 308 g/mol. The van der Waals surface area contributed by atoms with Crippen molar-refractivity contribution in [1.29, 1.82) is 5.26 Å². The van der Waals surface area contributed by atoms with Gasteiger partial charge in [-0.2, -0.15) is 5.26 Å². The fourth-order valence-corrected chi connectivity index (χ4v) is 3.16. The average molecular weight is 309 g/mol. The molecule has 98 valence electrons. The van der Waals surface area contributed by atoms with Gasteiger partial charge in [0.15, 0.2) is 0 Å². The third kappa shape index (κ3) is 3.26. The predicted octanol–water partition coefficient (Wildman–Crippen LogP) is 4.20. The van der Waals surface area contributed by atoms with Gasteiger partial charge in [0.1, 0.15) is 6.07 Å². The summed E-state index contributed by atoms with van der Waals surface area (Å²) in [6, 6.07) is 10.1. The van der Waals surface area contributed by atoms with Crippen molar-refractivity contribution in [2.75, 3.05) is 23.8 Å². The molecule has 0 amide bonds. The van der Waals surface area contributed by atoms with Crippen molar-refractivity contribution >= 4 is 21.6 Å². The van der Waals surface area contributed by atoms with Gasteiger partial charge in [-0.1, -0.05) is 41.9 Å². The molecule has 0 spiro atoms. The van der Waals surface area contributed by atoms with Crippen LogP contribution in [0.25, 0.3) is 0 Å². The van der Waals surface area contributed by atoms with Gasteiger partial charge in [0, 0.05) is 18.9 Å². The third-order valence-corrected chi connectivity index (χ3v) is 4.98. The molecule has 0 fully saturated rings. The summed E-state index contributed by atoms with van der Waals surface area (Å²) in [6.45, 7) is 5.42. The second kappa shape index (κ2) is 6.80. The van der Waals surface area contributed by atoms with Crippen LogP contribution in [0.2, 0.25) is 0 Å². The molecule has 0 heterocycles. The minimum absolute atomic E-state index is 0.275. The van der Waals surface area contributed by atoms with Crippen molar-refractivity contribution in [1.82, 2.24) is 0 Å². The van der Waals surface area contributed by atoms with Crippen molar-refractivity contribution in [2.24, 2.45) is 5.41 Å². The van der Waals surface area contributed by atoms with Crippen LogP contribution in [0.5, 0.6) is 0 Å². The van der Waals surface area contributed by atoms with Gasteiger partial charge in [-0.3, -0.25) is 0 Å². The molecule has 0 saturated carbocycles. The molecule has 2 nitrogen and oxygen atoms in total. The van der Waals surface area contributed by atoms with Gasteiger partial charge in [0.2, 0.25) is 0 Å². The first-order chi connectivity index (χ1) is 8.62. The summed E-state index contributed by atoms with van der Waals surface area (Å²) in [6.07, 6.45) is 2.27. The lowest BCUT2D eigenvalue weighted by molar-refractivity contribution is 0.316. The van der Waals surface area contributed by atoms with Crippen LogP contribution in [-0.4, -0.2) is 18.9 Å². The molecule has 0 atom stereocenters. The van der Waals surface area contributed by atoms with Crippen LogP contribution in [0.4, 0.5) is 5.69 Å². The van der Waals surface area contributed by atoms with E-state index in [2.05, 4.69) is 47.8 Å². The standard InChI is InChI=1S/C15H21BrN2/c1-4-15(5-2,11-16)12-18(3)14-9-7-6-8-13(14)10-17/h6-9H,4-5,11-12H2,1-3H3. The molecule has 1 aromatic rings. The lowest BCUT2D eigenvalue weighted by atomic mass is 9.84. The molecule has 18 heavy (non-hydrogen) atoms. The molecule has 0 aliphatic heterocycles. The minimum atomic E-state index is 0.275. The van der Waals surface area contributed by atoms with Gasteiger partial charge in [-0.05, 0) is 30.4 Å². The van der Waals surface area contributed by atoms with Crippen LogP contribution in [0.1, 0.15) is 32.3 Å². The second-order valence-electron chi connectivity index (χ2n) is 4.83. The van der Waals surface area contributed by atoms with E-state index in [1.807, 2.05) is 24.3 Å². The zero-order valence-corrected chi connectivity index (χ0v) is 13.0. The van der Waals surface area contributed by atoms with Gasteiger partial charge in [0.25, 0.3) is 0 Å². The highest BCUT2D eigenvalue weighted by Crippen LogP contribution is 2.31. The van der Waals surface area contributed by atoms with Crippen molar-refractivity contribution < 1.29 is 0 Å². The first-order valence-corrected chi connectivity index (χ1v) is 7.51. The van der Waals surface area contributed by atoms with Crippen LogP contribution < -0.4 is 4.90 Å². The Balaban J connectivity index is 2.94. The van der Waals surface area contributed by atoms with Crippen LogP contribution >= 0.6 is 15.9 Å². The second-order valence-corrected chi connectivity index (χ2v) is 5.39. The topological polar surface area (TPSA) is 27.0 Å². The van der Waals surface area contributed by atoms with E-state index in [4.69, 9.17) is 5.26 Å². The minimum Gasteiger partial charge on any atom is -0.373 e. The highest BCUT2D eigenvalue weighted by atomic mass is 79.9. The molecule has 0 radical (unpaired) electrons. The Morgan fingerprint density at radius 1 is 1.28 bits per heavy atom. The van der Waals surface area contributed by atoms with E-state index in [1.165, 1.54) is 0 Å². The summed E-state index contributed by atoms with van der Waals surface area (Å²) in [7, 11) is 2.07. The van der Waals surface area contributed by atoms with E-state index in [-0.39, 0.29) is 5.41 Å². The number of benzene rings is 1. The van der Waals surface area contributed by atoms with E-state index in [1.54, 1.807) is 0 Å². The Morgan fingerprint density at radius 2 is 1.89 bits per heavy atom. The van der Waals surface area contributed by atoms with Gasteiger partial charge in [-0.25, -0.2) is 0 Å². The lowest BCUT2D eigenvalue weighted by Crippen LogP contribution is -2.36. The summed E-state index contributed by atoms with van der Waals surface area (Å²) in [5, 5.41) is 10.1. The zero-order valence-electron chi connectivity index (χ0n) is 11.4. The number of alkyl halides is 1. The van der Waals surface area contributed by atoms with Gasteiger partial charge in [-0.15, -0.1) is 0 Å². The number of para-hydroxylation sites is 1. The third-order valence-electron chi connectivity index (χ3n) is 3.79. The zero-order chi connectivity index (χ0) is 13.6. The predicted molar refractivity (Wildman–Crippen MR) is 81.2 cm³/mol. The average Bonchev–Trinajstić information content (AvgIpc) is 2.44. The molecule has 1 aromatic carbocycles.